The molecule has 0 atom stereocenters. The number of piperazine rings is 1. The van der Waals surface area contributed by atoms with Crippen molar-refractivity contribution in [3.63, 3.8) is 0 Å². The Balaban J connectivity index is 1.64. The van der Waals surface area contributed by atoms with Crippen molar-refractivity contribution >= 4 is 23.1 Å². The van der Waals surface area contributed by atoms with Gasteiger partial charge in [-0.3, -0.25) is 4.90 Å². The lowest BCUT2D eigenvalue weighted by atomic mass is 10.2. The summed E-state index contributed by atoms with van der Waals surface area (Å²) in [5.41, 5.74) is 8.30. The molecule has 0 radical (unpaired) electrons. The van der Waals surface area contributed by atoms with E-state index in [-0.39, 0.29) is 6.61 Å². The molecule has 0 saturated carbocycles. The van der Waals surface area contributed by atoms with Gasteiger partial charge in [-0.1, -0.05) is 36.4 Å². The molecule has 2 aromatic heterocycles. The van der Waals surface area contributed by atoms with Crippen LogP contribution in [-0.4, -0.2) is 64.3 Å². The second kappa shape index (κ2) is 9.51. The van der Waals surface area contributed by atoms with Gasteiger partial charge in [0.15, 0.2) is 11.6 Å². The van der Waals surface area contributed by atoms with Gasteiger partial charge in [0, 0.05) is 38.9 Å². The van der Waals surface area contributed by atoms with Crippen molar-refractivity contribution in [3.05, 3.63) is 66.6 Å². The molecule has 3 heterocycles. The third-order valence-electron chi connectivity index (χ3n) is 5.29. The van der Waals surface area contributed by atoms with E-state index in [9.17, 15) is 0 Å². The number of pyridine rings is 1. The molecular formula is C22H27N7O. The predicted molar refractivity (Wildman–Crippen MR) is 119 cm³/mol. The number of hydrogen-bond acceptors (Lipinski definition) is 8. The molecule has 30 heavy (non-hydrogen) atoms. The first-order valence-electron chi connectivity index (χ1n) is 10.2. The Kier molecular flexibility index (Phi) is 6.36. The fourth-order valence-electron chi connectivity index (χ4n) is 3.71. The number of hydrogen-bond donors (Lipinski definition) is 2. The van der Waals surface area contributed by atoms with Crippen LogP contribution in [0.1, 0.15) is 5.56 Å². The van der Waals surface area contributed by atoms with Crippen LogP contribution in [0.5, 0.6) is 0 Å². The van der Waals surface area contributed by atoms with Gasteiger partial charge in [0.2, 0.25) is 0 Å². The normalized spacial score (nSPS) is 14.6. The van der Waals surface area contributed by atoms with Crippen molar-refractivity contribution in [2.75, 3.05) is 54.9 Å². The molecule has 0 unspecified atom stereocenters. The summed E-state index contributed by atoms with van der Waals surface area (Å²) in [5.74, 6) is 2.18. The zero-order valence-corrected chi connectivity index (χ0v) is 16.9. The molecule has 3 aromatic rings. The number of β-amino-alcohol motifs (C(OH)–C–C–N with tert-alkyl or cyclic N) is 1. The Morgan fingerprint density at radius 1 is 0.933 bits per heavy atom. The molecular weight excluding hydrogens is 378 g/mol. The Hall–Kier alpha value is -3.23. The van der Waals surface area contributed by atoms with E-state index in [0.29, 0.717) is 24.6 Å². The second-order valence-electron chi connectivity index (χ2n) is 7.25. The molecule has 156 valence electrons. The van der Waals surface area contributed by atoms with Crippen LogP contribution in [0.25, 0.3) is 0 Å². The van der Waals surface area contributed by atoms with E-state index in [1.54, 1.807) is 12.5 Å². The van der Waals surface area contributed by atoms with Crippen LogP contribution in [0.2, 0.25) is 0 Å². The first-order valence-corrected chi connectivity index (χ1v) is 10.2. The van der Waals surface area contributed by atoms with E-state index in [1.807, 2.05) is 41.3 Å². The molecule has 8 nitrogen and oxygen atoms in total. The van der Waals surface area contributed by atoms with Gasteiger partial charge in [0.1, 0.15) is 17.8 Å². The maximum Gasteiger partial charge on any atom is 0.163 e. The van der Waals surface area contributed by atoms with Crippen molar-refractivity contribution in [1.29, 1.82) is 0 Å². The van der Waals surface area contributed by atoms with E-state index >= 15 is 0 Å². The Bertz CT molecular complexity index is 931. The minimum Gasteiger partial charge on any atom is -0.395 e. The summed E-state index contributed by atoms with van der Waals surface area (Å²) in [4.78, 5) is 20.0. The van der Waals surface area contributed by atoms with Crippen molar-refractivity contribution in [2.24, 2.45) is 0 Å². The molecule has 1 aliphatic heterocycles. The Morgan fingerprint density at radius 3 is 2.40 bits per heavy atom. The van der Waals surface area contributed by atoms with Crippen LogP contribution < -0.4 is 15.5 Å². The highest BCUT2D eigenvalue weighted by Crippen LogP contribution is 2.34. The average molecular weight is 406 g/mol. The number of aliphatic hydroxyl groups excluding tert-OH is 1. The molecule has 0 amide bonds. The van der Waals surface area contributed by atoms with Crippen molar-refractivity contribution in [1.82, 2.24) is 19.9 Å². The summed E-state index contributed by atoms with van der Waals surface area (Å²) in [6.07, 6.45) is 3.34. The zero-order valence-electron chi connectivity index (χ0n) is 16.9. The van der Waals surface area contributed by atoms with Gasteiger partial charge in [0.05, 0.1) is 13.2 Å². The van der Waals surface area contributed by atoms with Gasteiger partial charge in [-0.25, -0.2) is 15.0 Å². The highest BCUT2D eigenvalue weighted by molar-refractivity contribution is 5.79. The number of nitrogens with two attached hydrogens (primary N) is 1. The lowest BCUT2D eigenvalue weighted by Crippen LogP contribution is -2.47. The molecule has 0 aliphatic carbocycles. The van der Waals surface area contributed by atoms with Crippen LogP contribution in [0.4, 0.5) is 23.1 Å². The minimum atomic E-state index is 0.179. The predicted octanol–water partition coefficient (Wildman–Crippen LogP) is 1.91. The van der Waals surface area contributed by atoms with Crippen molar-refractivity contribution in [2.45, 2.75) is 6.54 Å². The monoisotopic (exact) mass is 405 g/mol. The molecule has 1 aliphatic rings. The number of benzene rings is 1. The lowest BCUT2D eigenvalue weighted by Gasteiger charge is -2.36. The van der Waals surface area contributed by atoms with Crippen LogP contribution in [-0.2, 0) is 6.54 Å². The van der Waals surface area contributed by atoms with E-state index in [0.717, 1.165) is 43.4 Å². The van der Waals surface area contributed by atoms with Gasteiger partial charge in [-0.05, 0) is 17.7 Å². The molecule has 1 fully saturated rings. The molecule has 3 N–H and O–H groups in total. The highest BCUT2D eigenvalue weighted by Gasteiger charge is 2.24. The number of nitrogens with zero attached hydrogens (tertiary/aromatic N) is 6. The largest absolute Gasteiger partial charge is 0.395 e. The van der Waals surface area contributed by atoms with Crippen molar-refractivity contribution < 1.29 is 5.11 Å². The summed E-state index contributed by atoms with van der Waals surface area (Å²) in [6, 6.07) is 16.0. The summed E-state index contributed by atoms with van der Waals surface area (Å²) in [6.45, 7) is 4.83. The van der Waals surface area contributed by atoms with E-state index in [4.69, 9.17) is 10.8 Å². The van der Waals surface area contributed by atoms with E-state index in [1.165, 1.54) is 0 Å². The summed E-state index contributed by atoms with van der Waals surface area (Å²) in [5, 5.41) is 9.17. The number of rotatable bonds is 7. The third-order valence-corrected chi connectivity index (χ3v) is 5.29. The Morgan fingerprint density at radius 2 is 1.70 bits per heavy atom. The van der Waals surface area contributed by atoms with Gasteiger partial charge < -0.3 is 20.6 Å². The summed E-state index contributed by atoms with van der Waals surface area (Å²) < 4.78 is 0. The number of anilines is 4. The number of aliphatic hydroxyl groups is 1. The summed E-state index contributed by atoms with van der Waals surface area (Å²) in [7, 11) is 0. The highest BCUT2D eigenvalue weighted by atomic mass is 16.3. The molecule has 4 rings (SSSR count). The van der Waals surface area contributed by atoms with E-state index < -0.39 is 0 Å². The molecule has 0 bridgehead atoms. The van der Waals surface area contributed by atoms with Crippen LogP contribution in [0.15, 0.2) is 61.1 Å². The van der Waals surface area contributed by atoms with Crippen LogP contribution >= 0.6 is 0 Å². The fraction of sp³-hybridized carbons (Fsp3) is 0.318. The van der Waals surface area contributed by atoms with Gasteiger partial charge in [0.25, 0.3) is 0 Å². The zero-order chi connectivity index (χ0) is 20.8. The molecule has 8 heteroatoms. The maximum absolute atomic E-state index is 9.17. The van der Waals surface area contributed by atoms with Gasteiger partial charge in [-0.15, -0.1) is 0 Å². The summed E-state index contributed by atoms with van der Waals surface area (Å²) >= 11 is 0. The van der Waals surface area contributed by atoms with Crippen molar-refractivity contribution in [3.8, 4) is 0 Å². The fourth-order valence-corrected chi connectivity index (χ4v) is 3.71. The van der Waals surface area contributed by atoms with E-state index in [2.05, 4.69) is 36.9 Å². The quantitative estimate of drug-likeness (QED) is 0.616. The van der Waals surface area contributed by atoms with Crippen LogP contribution in [0.3, 0.4) is 0 Å². The minimum absolute atomic E-state index is 0.179. The second-order valence-corrected chi connectivity index (χ2v) is 7.25. The molecule has 0 spiro atoms. The lowest BCUT2D eigenvalue weighted by molar-refractivity contribution is 0.188. The standard InChI is InChI=1S/C22H27N7O/c23-20-21(28-12-10-27(11-13-28)14-15-30)25-17-26-22(20)29(19-8-4-5-9-24-19)16-18-6-2-1-3-7-18/h1-9,17,30H,10-16,23H2. The van der Waals surface area contributed by atoms with Gasteiger partial charge >= 0.3 is 0 Å². The third kappa shape index (κ3) is 4.50. The number of aromatic nitrogens is 3. The average Bonchev–Trinajstić information content (AvgIpc) is 2.80. The number of nitrogen functional groups attached to an aromatic ring is 1. The Labute approximate surface area is 176 Å². The first-order chi connectivity index (χ1) is 14.8. The first kappa shape index (κ1) is 20.1. The topological polar surface area (TPSA) is 94.6 Å². The maximum atomic E-state index is 9.17. The molecule has 1 aromatic carbocycles. The smallest absolute Gasteiger partial charge is 0.163 e. The molecule has 1 saturated heterocycles. The SMILES string of the molecule is Nc1c(N2CCN(CCO)CC2)ncnc1N(Cc1ccccc1)c1ccccn1. The van der Waals surface area contributed by atoms with Gasteiger partial charge in [-0.2, -0.15) is 0 Å². The van der Waals surface area contributed by atoms with Crippen LogP contribution in [0, 0.1) is 0 Å².